The quantitative estimate of drug-likeness (QED) is 0.0796. The van der Waals surface area contributed by atoms with E-state index in [4.69, 9.17) is 14.2 Å². The number of aromatic nitrogens is 3. The first-order valence-corrected chi connectivity index (χ1v) is 15.5. The van der Waals surface area contributed by atoms with Gasteiger partial charge in [-0.1, -0.05) is 23.4 Å². The molecule has 1 aromatic heterocycles. The molecule has 11 nitrogen and oxygen atoms in total. The molecule has 0 aliphatic rings. The van der Waals surface area contributed by atoms with E-state index in [0.717, 1.165) is 12.1 Å². The van der Waals surface area contributed by atoms with Crippen LogP contribution in [-0.4, -0.2) is 49.9 Å². The molecule has 0 unspecified atom stereocenters. The molecule has 0 amide bonds. The van der Waals surface area contributed by atoms with E-state index in [1.165, 1.54) is 24.3 Å². The molecule has 0 bridgehead atoms. The maximum atomic E-state index is 14.0. The molecular weight excluding hydrogens is 659 g/mol. The Hall–Kier alpha value is -5.40. The minimum absolute atomic E-state index is 0.0448. The van der Waals surface area contributed by atoms with Gasteiger partial charge >= 0.3 is 24.1 Å². The summed E-state index contributed by atoms with van der Waals surface area (Å²) in [4.78, 5) is 67.6. The minimum atomic E-state index is -4.74. The number of hydrogen-bond donors (Lipinski definition) is 0. The van der Waals surface area contributed by atoms with Gasteiger partial charge in [-0.25, -0.2) is 9.48 Å². The number of halogens is 3. The predicted molar refractivity (Wildman–Crippen MR) is 174 cm³/mol. The lowest BCUT2D eigenvalue weighted by atomic mass is 9.78. The highest BCUT2D eigenvalue weighted by Gasteiger charge is 2.52. The van der Waals surface area contributed by atoms with Gasteiger partial charge in [0.15, 0.2) is 11.2 Å². The van der Waals surface area contributed by atoms with Gasteiger partial charge in [0.25, 0.3) is 5.56 Å². The number of Topliss-reactive ketones (excluding diaryl/α,β-unsaturated/α-hetero) is 1. The van der Waals surface area contributed by atoms with E-state index in [0.29, 0.717) is 16.3 Å². The number of carbonyl (C=O) groups is 4. The summed E-state index contributed by atoms with van der Waals surface area (Å²) in [6.45, 7) is 8.80. The zero-order valence-electron chi connectivity index (χ0n) is 28.3. The van der Waals surface area contributed by atoms with Crippen molar-refractivity contribution in [2.75, 3.05) is 0 Å². The van der Waals surface area contributed by atoms with Gasteiger partial charge in [-0.15, -0.1) is 5.10 Å². The van der Waals surface area contributed by atoms with Crippen LogP contribution in [0, 0.1) is 5.41 Å². The number of ether oxygens (including phenoxy) is 3. The second kappa shape index (κ2) is 14.2. The number of ketones is 1. The average molecular weight is 696 g/mol. The molecule has 0 fully saturated rings. The molecule has 1 heterocycles. The molecule has 14 heteroatoms. The van der Waals surface area contributed by atoms with Gasteiger partial charge in [-0.05, 0) is 103 Å². The summed E-state index contributed by atoms with van der Waals surface area (Å²) in [6.07, 6.45) is -6.10. The van der Waals surface area contributed by atoms with Crippen LogP contribution in [0.2, 0.25) is 0 Å². The molecule has 50 heavy (non-hydrogen) atoms. The van der Waals surface area contributed by atoms with Crippen molar-refractivity contribution >= 4 is 34.6 Å². The lowest BCUT2D eigenvalue weighted by Crippen LogP contribution is -2.49. The fourth-order valence-corrected chi connectivity index (χ4v) is 4.79. The summed E-state index contributed by atoms with van der Waals surface area (Å²) >= 11 is 0. The maximum Gasteiger partial charge on any atom is 0.416 e. The molecule has 0 aliphatic carbocycles. The Balaban J connectivity index is 1.72. The predicted octanol–water partition coefficient (Wildman–Crippen LogP) is 6.36. The van der Waals surface area contributed by atoms with Crippen molar-refractivity contribution in [2.45, 2.75) is 78.3 Å². The number of carbonyl (C=O) groups excluding carboxylic acids is 4. The van der Waals surface area contributed by atoms with Crippen LogP contribution in [0.3, 0.4) is 0 Å². The molecule has 0 atom stereocenters. The Morgan fingerprint density at radius 2 is 1.34 bits per heavy atom. The number of hydrogen-bond acceptors (Lipinski definition) is 10. The summed E-state index contributed by atoms with van der Waals surface area (Å²) in [5.74, 6) is -3.44. The molecule has 3 aromatic carbocycles. The largest absolute Gasteiger partial charge is 0.459 e. The Kier molecular flexibility index (Phi) is 10.6. The molecule has 0 N–H and O–H groups in total. The molecule has 0 radical (unpaired) electrons. The molecule has 0 spiro atoms. The van der Waals surface area contributed by atoms with E-state index >= 15 is 0 Å². The van der Waals surface area contributed by atoms with Crippen LogP contribution >= 0.6 is 0 Å². The number of esters is 3. The second-order valence-electron chi connectivity index (χ2n) is 13.6. The number of aryl methyl sites for hydroxylation is 1. The van der Waals surface area contributed by atoms with Gasteiger partial charge in [0.2, 0.25) is 0 Å². The zero-order valence-corrected chi connectivity index (χ0v) is 28.3. The van der Waals surface area contributed by atoms with Crippen LogP contribution < -0.4 is 10.3 Å². The van der Waals surface area contributed by atoms with E-state index in [1.807, 2.05) is 0 Å². The van der Waals surface area contributed by atoms with Crippen molar-refractivity contribution in [3.05, 3.63) is 99.8 Å². The summed E-state index contributed by atoms with van der Waals surface area (Å²) < 4.78 is 57.6. The minimum Gasteiger partial charge on any atom is -0.459 e. The highest BCUT2D eigenvalue weighted by atomic mass is 19.4. The third-order valence-corrected chi connectivity index (χ3v) is 7.24. The third-order valence-electron chi connectivity index (χ3n) is 7.24. The molecule has 0 aliphatic heterocycles. The normalized spacial score (nSPS) is 12.3. The maximum absolute atomic E-state index is 14.0. The van der Waals surface area contributed by atoms with Crippen LogP contribution in [0.15, 0.2) is 77.6 Å². The topological polar surface area (TPSA) is 144 Å². The van der Waals surface area contributed by atoms with Crippen molar-refractivity contribution in [1.82, 2.24) is 15.0 Å². The van der Waals surface area contributed by atoms with Crippen molar-refractivity contribution in [3.63, 3.8) is 0 Å². The SMILES string of the molecule is CC(C)(C)OC(=O)C(CCn1nnc2ccc(C(F)(F)F)cc2c1=O)(CC(=O)c1ccc(OC(=O)c2ccccc2)cc1)C(=O)OC(C)(C)C. The van der Waals surface area contributed by atoms with Gasteiger partial charge in [0.05, 0.1) is 16.5 Å². The van der Waals surface area contributed by atoms with Crippen LogP contribution in [0.4, 0.5) is 13.2 Å². The molecule has 4 rings (SSSR count). The lowest BCUT2D eigenvalue weighted by Gasteiger charge is -2.34. The Morgan fingerprint density at radius 3 is 1.88 bits per heavy atom. The average Bonchev–Trinajstić information content (AvgIpc) is 3.02. The fourth-order valence-electron chi connectivity index (χ4n) is 4.79. The van der Waals surface area contributed by atoms with Crippen molar-refractivity contribution < 1.29 is 46.6 Å². The number of rotatable bonds is 10. The lowest BCUT2D eigenvalue weighted by molar-refractivity contribution is -0.186. The van der Waals surface area contributed by atoms with Crippen molar-refractivity contribution in [3.8, 4) is 5.75 Å². The van der Waals surface area contributed by atoms with Crippen molar-refractivity contribution in [2.24, 2.45) is 5.41 Å². The van der Waals surface area contributed by atoms with Gasteiger partial charge in [-0.3, -0.25) is 19.2 Å². The number of benzene rings is 3. The van der Waals surface area contributed by atoms with Gasteiger partial charge in [0.1, 0.15) is 22.5 Å². The summed E-state index contributed by atoms with van der Waals surface area (Å²) in [5.41, 5.74) is -6.40. The Morgan fingerprint density at radius 1 is 0.760 bits per heavy atom. The summed E-state index contributed by atoms with van der Waals surface area (Å²) in [7, 11) is 0. The first kappa shape index (κ1) is 37.4. The van der Waals surface area contributed by atoms with Crippen LogP contribution in [0.25, 0.3) is 10.9 Å². The number of alkyl halides is 3. The van der Waals surface area contributed by atoms with E-state index in [-0.39, 0.29) is 22.2 Å². The van der Waals surface area contributed by atoms with Crippen LogP contribution in [-0.2, 0) is 31.8 Å². The first-order chi connectivity index (χ1) is 23.2. The van der Waals surface area contributed by atoms with E-state index < -0.39 is 77.0 Å². The van der Waals surface area contributed by atoms with Gasteiger partial charge in [0, 0.05) is 18.5 Å². The summed E-state index contributed by atoms with van der Waals surface area (Å²) in [6, 6.07) is 16.1. The monoisotopic (exact) mass is 695 g/mol. The van der Waals surface area contributed by atoms with Crippen LogP contribution in [0.5, 0.6) is 5.75 Å². The third kappa shape index (κ3) is 9.18. The first-order valence-electron chi connectivity index (χ1n) is 15.5. The zero-order chi connectivity index (χ0) is 37.1. The van der Waals surface area contributed by atoms with Crippen molar-refractivity contribution in [1.29, 1.82) is 0 Å². The molecular formula is C36H36F3N3O8. The molecule has 4 aromatic rings. The second-order valence-corrected chi connectivity index (χ2v) is 13.6. The number of nitrogens with zero attached hydrogens (tertiary/aromatic N) is 3. The molecule has 0 saturated carbocycles. The van der Waals surface area contributed by atoms with Gasteiger partial charge in [-0.2, -0.15) is 13.2 Å². The van der Waals surface area contributed by atoms with E-state index in [1.54, 1.807) is 71.9 Å². The highest BCUT2D eigenvalue weighted by Crippen LogP contribution is 2.36. The van der Waals surface area contributed by atoms with E-state index in [9.17, 15) is 37.1 Å². The van der Waals surface area contributed by atoms with E-state index in [2.05, 4.69) is 10.3 Å². The number of fused-ring (bicyclic) bond motifs is 1. The standard InChI is InChI=1S/C36H36F3N3O8/c1-33(2,3)49-31(46)35(32(47)50-34(4,5)6,18-19-42-29(44)26-20-24(36(37,38)39)14-17-27(26)40-41-42)21-28(43)22-12-15-25(16-13-22)48-30(45)23-10-8-7-9-11-23/h7-17,20H,18-19,21H2,1-6H3. The fraction of sp³-hybridized carbons (Fsp3) is 0.361. The van der Waals surface area contributed by atoms with Gasteiger partial charge < -0.3 is 14.2 Å². The smallest absolute Gasteiger partial charge is 0.416 e. The molecule has 0 saturated heterocycles. The Bertz CT molecular complexity index is 1930. The van der Waals surface area contributed by atoms with Crippen LogP contribution in [0.1, 0.15) is 80.7 Å². The molecule has 264 valence electrons. The highest BCUT2D eigenvalue weighted by molar-refractivity contribution is 6.08. The summed E-state index contributed by atoms with van der Waals surface area (Å²) in [5, 5.41) is 7.26. The Labute approximate surface area is 285 Å².